The molecule has 3 rings (SSSR count). The fourth-order valence-electron chi connectivity index (χ4n) is 4.23. The molecule has 0 amide bonds. The molecule has 0 aliphatic carbocycles. The SMILES string of the molecule is Cc1ccc(C2(C)CSc3cc(C)ccc3C2CCCCCCO)cc1. The summed E-state index contributed by atoms with van der Waals surface area (Å²) in [6.07, 6.45) is 5.76. The molecule has 2 atom stereocenters. The van der Waals surface area contributed by atoms with Crippen LogP contribution in [-0.4, -0.2) is 17.5 Å². The van der Waals surface area contributed by atoms with Gasteiger partial charge in [0.25, 0.3) is 0 Å². The molecule has 0 saturated heterocycles. The molecule has 0 spiro atoms. The molecular weight excluding hydrogens is 336 g/mol. The summed E-state index contributed by atoms with van der Waals surface area (Å²) in [4.78, 5) is 1.48. The zero-order chi connectivity index (χ0) is 18.6. The van der Waals surface area contributed by atoms with Gasteiger partial charge in [-0.05, 0) is 49.8 Å². The van der Waals surface area contributed by atoms with Gasteiger partial charge in [-0.2, -0.15) is 0 Å². The topological polar surface area (TPSA) is 20.2 Å². The summed E-state index contributed by atoms with van der Waals surface area (Å²) in [5, 5.41) is 9.02. The minimum atomic E-state index is 0.178. The van der Waals surface area contributed by atoms with E-state index in [0.29, 0.717) is 12.5 Å². The molecule has 0 saturated carbocycles. The van der Waals surface area contributed by atoms with Gasteiger partial charge < -0.3 is 5.11 Å². The van der Waals surface area contributed by atoms with Crippen molar-refractivity contribution in [3.63, 3.8) is 0 Å². The third-order valence-electron chi connectivity index (χ3n) is 5.95. The van der Waals surface area contributed by atoms with Crippen LogP contribution < -0.4 is 0 Å². The van der Waals surface area contributed by atoms with Gasteiger partial charge in [-0.25, -0.2) is 0 Å². The molecular formula is C24H32OS. The molecule has 0 radical (unpaired) electrons. The molecule has 140 valence electrons. The van der Waals surface area contributed by atoms with Gasteiger partial charge in [0.1, 0.15) is 0 Å². The molecule has 0 bridgehead atoms. The Morgan fingerprint density at radius 1 is 0.962 bits per heavy atom. The van der Waals surface area contributed by atoms with Crippen LogP contribution in [0.1, 0.15) is 67.2 Å². The lowest BCUT2D eigenvalue weighted by molar-refractivity contribution is 0.281. The van der Waals surface area contributed by atoms with Gasteiger partial charge >= 0.3 is 0 Å². The van der Waals surface area contributed by atoms with Crippen molar-refractivity contribution >= 4 is 11.8 Å². The van der Waals surface area contributed by atoms with E-state index < -0.39 is 0 Å². The number of hydrogen-bond donors (Lipinski definition) is 1. The number of benzene rings is 2. The Balaban J connectivity index is 1.89. The lowest BCUT2D eigenvalue weighted by Gasteiger charge is -2.43. The number of aliphatic hydroxyl groups excluding tert-OH is 1. The van der Waals surface area contributed by atoms with Gasteiger partial charge in [-0.15, -0.1) is 11.8 Å². The molecule has 1 aliphatic heterocycles. The number of thioether (sulfide) groups is 1. The molecule has 0 aromatic heterocycles. The first-order chi connectivity index (χ1) is 12.5. The van der Waals surface area contributed by atoms with E-state index in [1.165, 1.54) is 46.4 Å². The minimum absolute atomic E-state index is 0.178. The second-order valence-electron chi connectivity index (χ2n) is 8.09. The van der Waals surface area contributed by atoms with E-state index in [1.54, 1.807) is 0 Å². The van der Waals surface area contributed by atoms with Crippen molar-refractivity contribution in [3.8, 4) is 0 Å². The van der Waals surface area contributed by atoms with Crippen LogP contribution in [0.3, 0.4) is 0 Å². The maximum Gasteiger partial charge on any atom is 0.0431 e. The quantitative estimate of drug-likeness (QED) is 0.571. The van der Waals surface area contributed by atoms with Crippen molar-refractivity contribution in [3.05, 3.63) is 64.7 Å². The third kappa shape index (κ3) is 4.18. The van der Waals surface area contributed by atoms with Gasteiger partial charge in [0.05, 0.1) is 0 Å². The summed E-state index contributed by atoms with van der Waals surface area (Å²) in [6.45, 7) is 7.14. The van der Waals surface area contributed by atoms with E-state index in [1.807, 2.05) is 11.8 Å². The normalized spacial score (nSPS) is 22.2. The van der Waals surface area contributed by atoms with Crippen LogP contribution in [0, 0.1) is 13.8 Å². The Hall–Kier alpha value is -1.25. The van der Waals surface area contributed by atoms with Crippen LogP contribution in [0.15, 0.2) is 47.4 Å². The minimum Gasteiger partial charge on any atom is -0.396 e. The van der Waals surface area contributed by atoms with Gasteiger partial charge in [0.15, 0.2) is 0 Å². The maximum absolute atomic E-state index is 9.02. The lowest BCUT2D eigenvalue weighted by Crippen LogP contribution is -2.36. The number of rotatable bonds is 7. The summed E-state index contributed by atoms with van der Waals surface area (Å²) in [5.41, 5.74) is 5.88. The van der Waals surface area contributed by atoms with Crippen molar-refractivity contribution in [2.45, 2.75) is 69.1 Å². The molecule has 0 fully saturated rings. The first-order valence-corrected chi connectivity index (χ1v) is 10.9. The standard InChI is InChI=1S/C24H32OS/c1-18-9-12-20(13-10-18)24(3)17-26-23-16-19(2)11-14-21(23)22(24)8-6-4-5-7-15-25/h9-14,16,22,25H,4-8,15,17H2,1-3H3. The van der Waals surface area contributed by atoms with Crippen molar-refractivity contribution in [2.75, 3.05) is 12.4 Å². The largest absolute Gasteiger partial charge is 0.396 e. The maximum atomic E-state index is 9.02. The van der Waals surface area contributed by atoms with E-state index in [0.717, 1.165) is 18.6 Å². The lowest BCUT2D eigenvalue weighted by atomic mass is 9.67. The zero-order valence-corrected chi connectivity index (χ0v) is 17.2. The number of aryl methyl sites for hydroxylation is 2. The van der Waals surface area contributed by atoms with E-state index >= 15 is 0 Å². The number of fused-ring (bicyclic) bond motifs is 1. The average molecular weight is 369 g/mol. The predicted octanol–water partition coefficient (Wildman–Crippen LogP) is 6.39. The number of hydrogen-bond acceptors (Lipinski definition) is 2. The van der Waals surface area contributed by atoms with Crippen LogP contribution in [0.5, 0.6) is 0 Å². The van der Waals surface area contributed by atoms with Crippen molar-refractivity contribution < 1.29 is 5.11 Å². The van der Waals surface area contributed by atoms with E-state index in [4.69, 9.17) is 5.11 Å². The zero-order valence-electron chi connectivity index (χ0n) is 16.4. The van der Waals surface area contributed by atoms with Gasteiger partial charge in [-0.3, -0.25) is 0 Å². The highest BCUT2D eigenvalue weighted by molar-refractivity contribution is 7.99. The number of unbranched alkanes of at least 4 members (excludes halogenated alkanes) is 3. The van der Waals surface area contributed by atoms with Crippen molar-refractivity contribution in [1.29, 1.82) is 0 Å². The third-order valence-corrected chi connectivity index (χ3v) is 7.36. The highest BCUT2D eigenvalue weighted by Gasteiger charge is 2.40. The van der Waals surface area contributed by atoms with Gasteiger partial charge in [-0.1, -0.05) is 73.7 Å². The van der Waals surface area contributed by atoms with E-state index in [2.05, 4.69) is 63.2 Å². The van der Waals surface area contributed by atoms with E-state index in [9.17, 15) is 0 Å². The first kappa shape index (κ1) is 19.5. The monoisotopic (exact) mass is 368 g/mol. The molecule has 1 heterocycles. The molecule has 1 aliphatic rings. The molecule has 2 unspecified atom stereocenters. The van der Waals surface area contributed by atoms with E-state index in [-0.39, 0.29) is 5.41 Å². The van der Waals surface area contributed by atoms with Crippen LogP contribution in [0.4, 0.5) is 0 Å². The molecule has 2 heteroatoms. The fraction of sp³-hybridized carbons (Fsp3) is 0.500. The Kier molecular flexibility index (Phi) is 6.47. The Morgan fingerprint density at radius 2 is 1.65 bits per heavy atom. The van der Waals surface area contributed by atoms with Gasteiger partial charge in [0, 0.05) is 22.7 Å². The smallest absolute Gasteiger partial charge is 0.0431 e. The van der Waals surface area contributed by atoms with Crippen LogP contribution in [0.25, 0.3) is 0 Å². The van der Waals surface area contributed by atoms with Crippen molar-refractivity contribution in [1.82, 2.24) is 0 Å². The van der Waals surface area contributed by atoms with Crippen molar-refractivity contribution in [2.24, 2.45) is 0 Å². The average Bonchev–Trinajstić information content (AvgIpc) is 2.63. The second kappa shape index (κ2) is 8.63. The highest BCUT2D eigenvalue weighted by Crippen LogP contribution is 2.52. The first-order valence-electron chi connectivity index (χ1n) is 9.96. The Labute approximate surface area is 163 Å². The van der Waals surface area contributed by atoms with Crippen LogP contribution >= 0.6 is 11.8 Å². The summed E-state index contributed by atoms with van der Waals surface area (Å²) in [6, 6.07) is 16.2. The second-order valence-corrected chi connectivity index (χ2v) is 9.11. The molecule has 26 heavy (non-hydrogen) atoms. The number of aliphatic hydroxyl groups is 1. The fourth-order valence-corrected chi connectivity index (χ4v) is 5.70. The molecule has 2 aromatic carbocycles. The summed E-state index contributed by atoms with van der Waals surface area (Å²) < 4.78 is 0. The molecule has 2 aromatic rings. The molecule has 1 nitrogen and oxygen atoms in total. The van der Waals surface area contributed by atoms with Gasteiger partial charge in [0.2, 0.25) is 0 Å². The summed E-state index contributed by atoms with van der Waals surface area (Å²) in [5.74, 6) is 1.71. The highest BCUT2D eigenvalue weighted by atomic mass is 32.2. The summed E-state index contributed by atoms with van der Waals surface area (Å²) >= 11 is 2.03. The summed E-state index contributed by atoms with van der Waals surface area (Å²) in [7, 11) is 0. The van der Waals surface area contributed by atoms with Crippen LogP contribution in [0.2, 0.25) is 0 Å². The van der Waals surface area contributed by atoms with Crippen LogP contribution in [-0.2, 0) is 5.41 Å². The Bertz CT molecular complexity index is 721. The Morgan fingerprint density at radius 3 is 2.38 bits per heavy atom. The predicted molar refractivity (Wildman–Crippen MR) is 113 cm³/mol. The molecule has 1 N–H and O–H groups in total.